The molecule has 7 heteroatoms. The van der Waals surface area contributed by atoms with Crippen molar-refractivity contribution in [1.82, 2.24) is 15.1 Å². The highest BCUT2D eigenvalue weighted by atomic mass is 16.5. The molecule has 0 spiro atoms. The number of rotatable bonds is 11. The van der Waals surface area contributed by atoms with Crippen molar-refractivity contribution in [1.29, 1.82) is 0 Å². The monoisotopic (exact) mass is 458 g/mol. The molecular weight excluding hydrogens is 416 g/mol. The van der Waals surface area contributed by atoms with Crippen LogP contribution in [0.15, 0.2) is 30.3 Å². The molecule has 1 saturated heterocycles. The van der Waals surface area contributed by atoms with E-state index < -0.39 is 6.04 Å². The summed E-state index contributed by atoms with van der Waals surface area (Å²) < 4.78 is 5.08. The van der Waals surface area contributed by atoms with Gasteiger partial charge in [0.25, 0.3) is 0 Å². The Hall–Kier alpha value is -1.96. The third-order valence-electron chi connectivity index (χ3n) is 7.17. The van der Waals surface area contributed by atoms with E-state index in [-0.39, 0.29) is 24.5 Å². The predicted molar refractivity (Wildman–Crippen MR) is 131 cm³/mol. The van der Waals surface area contributed by atoms with Gasteiger partial charge in [0.1, 0.15) is 12.6 Å². The lowest BCUT2D eigenvalue weighted by Gasteiger charge is -2.44. The largest absolute Gasteiger partial charge is 0.375 e. The topological polar surface area (TPSA) is 87.9 Å². The van der Waals surface area contributed by atoms with Crippen LogP contribution in [0.1, 0.15) is 50.5 Å². The van der Waals surface area contributed by atoms with Crippen LogP contribution in [0.25, 0.3) is 0 Å². The molecule has 1 aliphatic heterocycles. The number of nitrogens with zero attached hydrogens (tertiary/aromatic N) is 2. The van der Waals surface area contributed by atoms with Crippen LogP contribution in [0.5, 0.6) is 0 Å². The van der Waals surface area contributed by atoms with Crippen molar-refractivity contribution in [3.8, 4) is 0 Å². The van der Waals surface area contributed by atoms with Crippen molar-refractivity contribution < 1.29 is 14.3 Å². The Balaban J connectivity index is 1.72. The number of likely N-dealkylation sites (tertiary alicyclic amines) is 1. The number of hydrogen-bond donors (Lipinski definition) is 2. The fraction of sp³-hybridized carbons (Fsp3) is 0.692. The second-order valence-electron chi connectivity index (χ2n) is 9.53. The summed E-state index contributed by atoms with van der Waals surface area (Å²) in [4.78, 5) is 30.0. The van der Waals surface area contributed by atoms with Crippen molar-refractivity contribution in [2.75, 3.05) is 46.4 Å². The van der Waals surface area contributed by atoms with E-state index in [0.29, 0.717) is 26.1 Å². The third kappa shape index (κ3) is 7.80. The van der Waals surface area contributed by atoms with E-state index in [2.05, 4.69) is 40.5 Å². The quantitative estimate of drug-likeness (QED) is 0.531. The van der Waals surface area contributed by atoms with Crippen molar-refractivity contribution in [3.05, 3.63) is 35.9 Å². The maximum atomic E-state index is 13.0. The molecule has 0 bridgehead atoms. The molecule has 0 aromatic heterocycles. The maximum absolute atomic E-state index is 13.0. The molecule has 7 nitrogen and oxygen atoms in total. The number of amides is 2. The third-order valence-corrected chi connectivity index (χ3v) is 7.17. The Labute approximate surface area is 199 Å². The SMILES string of the molecule is COCC(=O)N1CCC(N(CCc2ccccc2)CC2CCCCC2)C[C@@H]1C(=O)NCCN. The summed E-state index contributed by atoms with van der Waals surface area (Å²) in [5.41, 5.74) is 6.94. The molecule has 2 aliphatic rings. The molecule has 1 unspecified atom stereocenters. The Morgan fingerprint density at radius 1 is 1.15 bits per heavy atom. The molecule has 1 heterocycles. The summed E-state index contributed by atoms with van der Waals surface area (Å²) in [6.45, 7) is 3.46. The van der Waals surface area contributed by atoms with Crippen LogP contribution in [0.3, 0.4) is 0 Å². The predicted octanol–water partition coefficient (Wildman–Crippen LogP) is 2.19. The van der Waals surface area contributed by atoms with Crippen LogP contribution in [0.4, 0.5) is 0 Å². The van der Waals surface area contributed by atoms with Gasteiger partial charge < -0.3 is 20.7 Å². The summed E-state index contributed by atoms with van der Waals surface area (Å²) in [7, 11) is 1.52. The summed E-state index contributed by atoms with van der Waals surface area (Å²) in [5.74, 6) is 0.509. The van der Waals surface area contributed by atoms with Crippen LogP contribution >= 0.6 is 0 Å². The Morgan fingerprint density at radius 3 is 2.61 bits per heavy atom. The molecule has 1 aliphatic carbocycles. The lowest BCUT2D eigenvalue weighted by molar-refractivity contribution is -0.146. The van der Waals surface area contributed by atoms with Gasteiger partial charge in [0.05, 0.1) is 0 Å². The van der Waals surface area contributed by atoms with E-state index in [0.717, 1.165) is 31.8 Å². The summed E-state index contributed by atoms with van der Waals surface area (Å²) in [5, 5.41) is 2.91. The number of hydrogen-bond acceptors (Lipinski definition) is 5. The standard InChI is InChI=1S/C26H42N4O3/c1-33-20-25(31)30-17-13-23(18-24(30)26(32)28-15-14-27)29(19-22-10-6-3-7-11-22)16-12-21-8-4-2-5-9-21/h2,4-5,8-9,22-24H,3,6-7,10-20,27H2,1H3,(H,28,32)/t23?,24-/m1/s1. The van der Waals surface area contributed by atoms with Gasteiger partial charge in [-0.05, 0) is 43.6 Å². The number of carbonyl (C=O) groups excluding carboxylic acids is 2. The number of methoxy groups -OCH3 is 1. The van der Waals surface area contributed by atoms with E-state index in [4.69, 9.17) is 10.5 Å². The molecule has 2 fully saturated rings. The summed E-state index contributed by atoms with van der Waals surface area (Å²) in [6.07, 6.45) is 9.15. The molecule has 1 aromatic rings. The average Bonchev–Trinajstić information content (AvgIpc) is 2.86. The van der Waals surface area contributed by atoms with Gasteiger partial charge in [-0.1, -0.05) is 49.6 Å². The van der Waals surface area contributed by atoms with Crippen molar-refractivity contribution in [2.24, 2.45) is 11.7 Å². The van der Waals surface area contributed by atoms with Crippen LogP contribution in [0, 0.1) is 5.92 Å². The number of carbonyl (C=O) groups is 2. The highest BCUT2D eigenvalue weighted by Crippen LogP contribution is 2.28. The van der Waals surface area contributed by atoms with Gasteiger partial charge in [-0.3, -0.25) is 14.5 Å². The minimum Gasteiger partial charge on any atom is -0.375 e. The van der Waals surface area contributed by atoms with Crippen molar-refractivity contribution >= 4 is 11.8 Å². The van der Waals surface area contributed by atoms with Gasteiger partial charge >= 0.3 is 0 Å². The smallest absolute Gasteiger partial charge is 0.249 e. The maximum Gasteiger partial charge on any atom is 0.249 e. The van der Waals surface area contributed by atoms with Gasteiger partial charge in [-0.25, -0.2) is 0 Å². The molecule has 184 valence electrons. The Kier molecular flexibility index (Phi) is 10.6. The fourth-order valence-electron chi connectivity index (χ4n) is 5.39. The van der Waals surface area contributed by atoms with Gasteiger partial charge in [-0.15, -0.1) is 0 Å². The fourth-order valence-corrected chi connectivity index (χ4v) is 5.39. The van der Waals surface area contributed by atoms with Gasteiger partial charge in [0.15, 0.2) is 0 Å². The number of benzene rings is 1. The Morgan fingerprint density at radius 2 is 1.91 bits per heavy atom. The highest BCUT2D eigenvalue weighted by Gasteiger charge is 2.38. The molecule has 1 saturated carbocycles. The van der Waals surface area contributed by atoms with Crippen molar-refractivity contribution in [3.63, 3.8) is 0 Å². The zero-order chi connectivity index (χ0) is 23.5. The molecule has 0 radical (unpaired) electrons. The van der Waals surface area contributed by atoms with E-state index in [1.807, 2.05) is 0 Å². The average molecular weight is 459 g/mol. The zero-order valence-electron chi connectivity index (χ0n) is 20.2. The van der Waals surface area contributed by atoms with Gasteiger partial charge in [0.2, 0.25) is 11.8 Å². The lowest BCUT2D eigenvalue weighted by atomic mass is 9.87. The van der Waals surface area contributed by atoms with E-state index >= 15 is 0 Å². The first-order valence-corrected chi connectivity index (χ1v) is 12.7. The number of piperidine rings is 1. The second-order valence-corrected chi connectivity index (χ2v) is 9.53. The number of ether oxygens (including phenoxy) is 1. The van der Waals surface area contributed by atoms with Crippen LogP contribution in [0.2, 0.25) is 0 Å². The molecule has 3 N–H and O–H groups in total. The zero-order valence-corrected chi connectivity index (χ0v) is 20.2. The lowest BCUT2D eigenvalue weighted by Crippen LogP contribution is -2.58. The van der Waals surface area contributed by atoms with E-state index in [1.54, 1.807) is 4.90 Å². The first-order valence-electron chi connectivity index (χ1n) is 12.7. The molecule has 1 aromatic carbocycles. The highest BCUT2D eigenvalue weighted by molar-refractivity contribution is 5.88. The number of nitrogens with one attached hydrogen (secondary N) is 1. The number of nitrogens with two attached hydrogens (primary N) is 1. The van der Waals surface area contributed by atoms with Gasteiger partial charge in [0, 0.05) is 45.9 Å². The molecular formula is C26H42N4O3. The first-order chi connectivity index (χ1) is 16.1. The van der Waals surface area contributed by atoms with Gasteiger partial charge in [-0.2, -0.15) is 0 Å². The van der Waals surface area contributed by atoms with E-state index in [1.165, 1.54) is 44.8 Å². The molecule has 2 amide bonds. The molecule has 2 atom stereocenters. The van der Waals surface area contributed by atoms with E-state index in [9.17, 15) is 9.59 Å². The molecule has 3 rings (SSSR count). The summed E-state index contributed by atoms with van der Waals surface area (Å²) in [6, 6.07) is 10.4. The van der Waals surface area contributed by atoms with Crippen LogP contribution in [-0.2, 0) is 20.7 Å². The molecule has 33 heavy (non-hydrogen) atoms. The first kappa shape index (κ1) is 25.7. The second kappa shape index (κ2) is 13.7. The van der Waals surface area contributed by atoms with Crippen LogP contribution < -0.4 is 11.1 Å². The normalized spacial score (nSPS) is 21.8. The van der Waals surface area contributed by atoms with Crippen LogP contribution in [-0.4, -0.2) is 80.1 Å². The minimum absolute atomic E-state index is 0.00509. The minimum atomic E-state index is -0.469. The van der Waals surface area contributed by atoms with Crippen molar-refractivity contribution in [2.45, 2.75) is 63.5 Å². The summed E-state index contributed by atoms with van der Waals surface area (Å²) >= 11 is 0. The Bertz CT molecular complexity index is 724.